The average Bonchev–Trinajstić information content (AvgIpc) is 2.45. The van der Waals surface area contributed by atoms with Crippen LogP contribution in [0.25, 0.3) is 0 Å². The zero-order valence-corrected chi connectivity index (χ0v) is 13.1. The van der Waals surface area contributed by atoms with Crippen LogP contribution in [0.1, 0.15) is 42.3 Å². The molecule has 0 saturated carbocycles. The minimum absolute atomic E-state index is 0.00858. The fourth-order valence-electron chi connectivity index (χ4n) is 2.16. The average molecular weight is 282 g/mol. The van der Waals surface area contributed by atoms with Crippen molar-refractivity contribution in [3.8, 4) is 5.75 Å². The van der Waals surface area contributed by atoms with Gasteiger partial charge in [-0.3, -0.25) is 4.79 Å². The number of rotatable bonds is 4. The molecule has 0 unspecified atom stereocenters. The lowest BCUT2D eigenvalue weighted by Gasteiger charge is -2.19. The van der Waals surface area contributed by atoms with E-state index in [0.717, 1.165) is 16.9 Å². The summed E-state index contributed by atoms with van der Waals surface area (Å²) in [5, 5.41) is 0. The van der Waals surface area contributed by atoms with Crippen LogP contribution < -0.4 is 4.74 Å². The molecule has 0 atom stereocenters. The van der Waals surface area contributed by atoms with Gasteiger partial charge in [0.15, 0.2) is 12.4 Å². The number of ether oxygens (including phenoxy) is 1. The summed E-state index contributed by atoms with van der Waals surface area (Å²) in [5.41, 5.74) is 2.97. The van der Waals surface area contributed by atoms with E-state index in [2.05, 4.69) is 26.8 Å². The number of aryl methyl sites for hydroxylation is 1. The van der Waals surface area contributed by atoms with E-state index in [1.54, 1.807) is 0 Å². The second-order valence-corrected chi connectivity index (χ2v) is 6.30. The molecule has 0 fully saturated rings. The Morgan fingerprint density at radius 3 is 2.43 bits per heavy atom. The van der Waals surface area contributed by atoms with E-state index >= 15 is 0 Å². The van der Waals surface area contributed by atoms with Crippen molar-refractivity contribution in [2.24, 2.45) is 0 Å². The Morgan fingerprint density at radius 1 is 1.05 bits per heavy atom. The van der Waals surface area contributed by atoms with Crippen LogP contribution in [-0.4, -0.2) is 12.4 Å². The third-order valence-electron chi connectivity index (χ3n) is 3.52. The highest BCUT2D eigenvalue weighted by Gasteiger charge is 2.14. The molecule has 2 aromatic carbocycles. The van der Waals surface area contributed by atoms with Crippen LogP contribution in [0.15, 0.2) is 48.5 Å². The minimum Gasteiger partial charge on any atom is -0.485 e. The summed E-state index contributed by atoms with van der Waals surface area (Å²) in [7, 11) is 0. The van der Waals surface area contributed by atoms with Gasteiger partial charge in [-0.25, -0.2) is 0 Å². The van der Waals surface area contributed by atoms with Gasteiger partial charge in [-0.15, -0.1) is 0 Å². The lowest BCUT2D eigenvalue weighted by atomic mass is 9.87. The molecule has 0 bridgehead atoms. The molecule has 2 nitrogen and oxygen atoms in total. The molecule has 0 N–H and O–H groups in total. The lowest BCUT2D eigenvalue weighted by Crippen LogP contribution is -2.14. The van der Waals surface area contributed by atoms with Crippen molar-refractivity contribution >= 4 is 5.78 Å². The highest BCUT2D eigenvalue weighted by Crippen LogP contribution is 2.25. The van der Waals surface area contributed by atoms with Gasteiger partial charge in [0, 0.05) is 5.56 Å². The Kier molecular flexibility index (Phi) is 4.46. The third-order valence-corrected chi connectivity index (χ3v) is 3.52. The van der Waals surface area contributed by atoms with Gasteiger partial charge in [-0.1, -0.05) is 57.2 Å². The molecule has 0 radical (unpaired) electrons. The van der Waals surface area contributed by atoms with Gasteiger partial charge >= 0.3 is 0 Å². The normalized spacial score (nSPS) is 11.2. The van der Waals surface area contributed by atoms with Gasteiger partial charge in [0.25, 0.3) is 0 Å². The van der Waals surface area contributed by atoms with E-state index in [0.29, 0.717) is 0 Å². The van der Waals surface area contributed by atoms with Crippen molar-refractivity contribution in [2.45, 2.75) is 33.1 Å². The number of Topliss-reactive ketones (excluding diaryl/α,β-unsaturated/α-hetero) is 1. The first kappa shape index (κ1) is 15.3. The second-order valence-electron chi connectivity index (χ2n) is 6.30. The number of ketones is 1. The first-order valence-electron chi connectivity index (χ1n) is 7.20. The molecule has 2 heteroatoms. The monoisotopic (exact) mass is 282 g/mol. The lowest BCUT2D eigenvalue weighted by molar-refractivity contribution is 0.0921. The van der Waals surface area contributed by atoms with Crippen LogP contribution in [0.5, 0.6) is 5.75 Å². The SMILES string of the molecule is Cc1ccccc1C(=O)COc1cccc(C(C)(C)C)c1. The molecule has 0 amide bonds. The van der Waals surface area contributed by atoms with Crippen LogP contribution in [0.4, 0.5) is 0 Å². The second kappa shape index (κ2) is 6.13. The molecular weight excluding hydrogens is 260 g/mol. The molecule has 0 aliphatic heterocycles. The van der Waals surface area contributed by atoms with E-state index < -0.39 is 0 Å². The van der Waals surface area contributed by atoms with Crippen molar-refractivity contribution in [1.82, 2.24) is 0 Å². The summed E-state index contributed by atoms with van der Waals surface area (Å²) in [5.74, 6) is 0.749. The van der Waals surface area contributed by atoms with Crippen LogP contribution in [-0.2, 0) is 5.41 Å². The summed E-state index contributed by atoms with van der Waals surface area (Å²) >= 11 is 0. The first-order chi connectivity index (χ1) is 9.88. The number of hydrogen-bond donors (Lipinski definition) is 0. The van der Waals surface area contributed by atoms with Crippen LogP contribution >= 0.6 is 0 Å². The maximum atomic E-state index is 12.2. The molecular formula is C19H22O2. The molecule has 2 aromatic rings. The Morgan fingerprint density at radius 2 is 1.76 bits per heavy atom. The summed E-state index contributed by atoms with van der Waals surface area (Å²) < 4.78 is 5.66. The molecule has 0 saturated heterocycles. The van der Waals surface area contributed by atoms with Crippen LogP contribution in [0.2, 0.25) is 0 Å². The molecule has 0 aliphatic carbocycles. The third kappa shape index (κ3) is 3.94. The van der Waals surface area contributed by atoms with E-state index in [9.17, 15) is 4.79 Å². The predicted molar refractivity (Wildman–Crippen MR) is 86.1 cm³/mol. The highest BCUT2D eigenvalue weighted by molar-refractivity contribution is 5.98. The molecule has 0 aromatic heterocycles. The van der Waals surface area contributed by atoms with Gasteiger partial charge in [0.05, 0.1) is 0 Å². The Balaban J connectivity index is 2.07. The molecule has 2 rings (SSSR count). The van der Waals surface area contributed by atoms with Crippen LogP contribution in [0.3, 0.4) is 0 Å². The zero-order chi connectivity index (χ0) is 15.5. The van der Waals surface area contributed by atoms with Crippen LogP contribution in [0, 0.1) is 6.92 Å². The summed E-state index contributed by atoms with van der Waals surface area (Å²) in [6.45, 7) is 8.48. The predicted octanol–water partition coefficient (Wildman–Crippen LogP) is 4.55. The van der Waals surface area contributed by atoms with Crippen molar-refractivity contribution in [3.63, 3.8) is 0 Å². The quantitative estimate of drug-likeness (QED) is 0.769. The number of carbonyl (C=O) groups is 1. The van der Waals surface area contributed by atoms with E-state index in [1.807, 2.05) is 49.4 Å². The number of hydrogen-bond acceptors (Lipinski definition) is 2. The fraction of sp³-hybridized carbons (Fsp3) is 0.316. The van der Waals surface area contributed by atoms with Gasteiger partial charge < -0.3 is 4.74 Å². The Bertz CT molecular complexity index is 636. The maximum Gasteiger partial charge on any atom is 0.200 e. The summed E-state index contributed by atoms with van der Waals surface area (Å²) in [6, 6.07) is 15.5. The van der Waals surface area contributed by atoms with E-state index in [1.165, 1.54) is 5.56 Å². The van der Waals surface area contributed by atoms with E-state index in [-0.39, 0.29) is 17.8 Å². The molecule has 110 valence electrons. The van der Waals surface area contributed by atoms with Crippen molar-refractivity contribution in [2.75, 3.05) is 6.61 Å². The van der Waals surface area contributed by atoms with Gasteiger partial charge in [-0.2, -0.15) is 0 Å². The highest BCUT2D eigenvalue weighted by atomic mass is 16.5. The minimum atomic E-state index is 0.00858. The summed E-state index contributed by atoms with van der Waals surface area (Å²) in [4.78, 5) is 12.2. The standard InChI is InChI=1S/C19H22O2/c1-14-8-5-6-11-17(14)18(20)13-21-16-10-7-9-15(12-16)19(2,3)4/h5-12H,13H2,1-4H3. The van der Waals surface area contributed by atoms with Gasteiger partial charge in [-0.05, 0) is 35.6 Å². The van der Waals surface area contributed by atoms with E-state index in [4.69, 9.17) is 4.74 Å². The van der Waals surface area contributed by atoms with Crippen molar-refractivity contribution < 1.29 is 9.53 Å². The van der Waals surface area contributed by atoms with Gasteiger partial charge in [0.2, 0.25) is 0 Å². The molecule has 0 heterocycles. The molecule has 0 spiro atoms. The maximum absolute atomic E-state index is 12.2. The largest absolute Gasteiger partial charge is 0.485 e. The first-order valence-corrected chi connectivity index (χ1v) is 7.20. The Labute approximate surface area is 126 Å². The molecule has 21 heavy (non-hydrogen) atoms. The summed E-state index contributed by atoms with van der Waals surface area (Å²) in [6.07, 6.45) is 0. The smallest absolute Gasteiger partial charge is 0.200 e. The van der Waals surface area contributed by atoms with Crippen molar-refractivity contribution in [1.29, 1.82) is 0 Å². The number of carbonyl (C=O) groups excluding carboxylic acids is 1. The fourth-order valence-corrected chi connectivity index (χ4v) is 2.16. The molecule has 0 aliphatic rings. The topological polar surface area (TPSA) is 26.3 Å². The van der Waals surface area contributed by atoms with Crippen molar-refractivity contribution in [3.05, 3.63) is 65.2 Å². The Hall–Kier alpha value is -2.09. The van der Waals surface area contributed by atoms with Gasteiger partial charge in [0.1, 0.15) is 5.75 Å². The number of benzene rings is 2. The zero-order valence-electron chi connectivity index (χ0n) is 13.1.